The number of ketones is 1. The number of hydrogen-bond acceptors (Lipinski definition) is 4. The highest BCUT2D eigenvalue weighted by Gasteiger charge is 2.09. The van der Waals surface area contributed by atoms with Gasteiger partial charge in [0.2, 0.25) is 5.16 Å². The fraction of sp³-hybridized carbons (Fsp3) is 0.250. The maximum Gasteiger partial charge on any atom is 0.208 e. The molecule has 0 aliphatic carbocycles. The number of nitrogens with one attached hydrogen (secondary N) is 1. The number of Topliss-reactive ketones (excluding diaryl/α,β-unsaturated/α-hetero) is 1. The van der Waals surface area contributed by atoms with Crippen LogP contribution >= 0.6 is 11.8 Å². The van der Waals surface area contributed by atoms with E-state index < -0.39 is 0 Å². The minimum absolute atomic E-state index is 0.0668. The Hall–Kier alpha value is -1.69. The number of hydrogen-bond donors (Lipinski definition) is 1. The van der Waals surface area contributed by atoms with Crippen molar-refractivity contribution in [3.63, 3.8) is 0 Å². The van der Waals surface area contributed by atoms with Crippen LogP contribution in [0.3, 0.4) is 0 Å². The Kier molecular flexibility index (Phi) is 4.09. The molecule has 1 N–H and O–H groups in total. The minimum atomic E-state index is -0.347. The summed E-state index contributed by atoms with van der Waals surface area (Å²) < 4.78 is 12.7. The summed E-state index contributed by atoms with van der Waals surface area (Å²) in [6, 6.07) is 5.51. The molecule has 0 amide bonds. The van der Waals surface area contributed by atoms with Crippen molar-refractivity contribution in [2.75, 3.05) is 5.75 Å². The number of aromatic nitrogens is 3. The van der Waals surface area contributed by atoms with Crippen molar-refractivity contribution in [2.24, 2.45) is 0 Å². The van der Waals surface area contributed by atoms with E-state index in [4.69, 9.17) is 0 Å². The first-order valence-corrected chi connectivity index (χ1v) is 6.50. The zero-order valence-electron chi connectivity index (χ0n) is 9.81. The molecule has 0 saturated carbocycles. The molecule has 0 fully saturated rings. The third-order valence-electron chi connectivity index (χ3n) is 2.34. The average Bonchev–Trinajstić information content (AvgIpc) is 2.85. The first-order chi connectivity index (χ1) is 8.69. The molecule has 0 saturated heterocycles. The van der Waals surface area contributed by atoms with Crippen LogP contribution in [0.1, 0.15) is 23.1 Å². The summed E-state index contributed by atoms with van der Waals surface area (Å²) in [5.41, 5.74) is 0.496. The predicted octanol–water partition coefficient (Wildman–Crippen LogP) is 2.48. The summed E-state index contributed by atoms with van der Waals surface area (Å²) in [6.45, 7) is 1.97. The van der Waals surface area contributed by atoms with Crippen molar-refractivity contribution < 1.29 is 9.18 Å². The molecule has 0 unspecified atom stereocenters. The Labute approximate surface area is 108 Å². The number of nitrogens with zero attached hydrogens (tertiary/aromatic N) is 2. The number of rotatable bonds is 5. The highest BCUT2D eigenvalue weighted by molar-refractivity contribution is 7.99. The molecule has 1 aromatic carbocycles. The van der Waals surface area contributed by atoms with Gasteiger partial charge in [0.15, 0.2) is 5.78 Å². The maximum atomic E-state index is 12.7. The first kappa shape index (κ1) is 12.8. The largest absolute Gasteiger partial charge is 0.293 e. The molecule has 0 atom stereocenters. The number of thioether (sulfide) groups is 1. The van der Waals surface area contributed by atoms with Crippen LogP contribution in [0, 0.1) is 5.82 Å². The molecular weight excluding hydrogens is 253 g/mol. The average molecular weight is 265 g/mol. The second-order valence-electron chi connectivity index (χ2n) is 3.64. The zero-order chi connectivity index (χ0) is 13.0. The molecule has 94 valence electrons. The monoisotopic (exact) mass is 265 g/mol. The fourth-order valence-corrected chi connectivity index (χ4v) is 2.06. The Bertz CT molecular complexity index is 539. The van der Waals surface area contributed by atoms with Gasteiger partial charge < -0.3 is 0 Å². The van der Waals surface area contributed by atoms with Crippen molar-refractivity contribution in [3.8, 4) is 0 Å². The standard InChI is InChI=1S/C12H12FN3OS/c1-2-11-14-12(16-15-11)18-7-10(17)8-3-5-9(13)6-4-8/h3-6H,2,7H2,1H3,(H,14,15,16). The molecule has 18 heavy (non-hydrogen) atoms. The highest BCUT2D eigenvalue weighted by atomic mass is 32.2. The molecule has 0 aliphatic rings. The van der Waals surface area contributed by atoms with Gasteiger partial charge in [-0.1, -0.05) is 18.7 Å². The van der Waals surface area contributed by atoms with E-state index in [1.807, 2.05) is 6.92 Å². The number of aryl methyl sites for hydroxylation is 1. The summed E-state index contributed by atoms with van der Waals surface area (Å²) in [4.78, 5) is 16.0. The van der Waals surface area contributed by atoms with E-state index in [1.54, 1.807) is 0 Å². The van der Waals surface area contributed by atoms with Crippen LogP contribution in [-0.2, 0) is 6.42 Å². The van der Waals surface area contributed by atoms with Crippen molar-refractivity contribution in [3.05, 3.63) is 41.5 Å². The lowest BCUT2D eigenvalue weighted by Crippen LogP contribution is -2.02. The second-order valence-corrected chi connectivity index (χ2v) is 4.58. The van der Waals surface area contributed by atoms with Gasteiger partial charge in [-0.25, -0.2) is 9.37 Å². The number of carbonyl (C=O) groups is 1. The van der Waals surface area contributed by atoms with Crippen LogP contribution in [0.15, 0.2) is 29.4 Å². The molecule has 4 nitrogen and oxygen atoms in total. The number of aromatic amines is 1. The van der Waals surface area contributed by atoms with Gasteiger partial charge >= 0.3 is 0 Å². The molecule has 1 heterocycles. The number of halogens is 1. The number of carbonyl (C=O) groups excluding carboxylic acids is 1. The maximum absolute atomic E-state index is 12.7. The Morgan fingerprint density at radius 3 is 2.72 bits per heavy atom. The van der Waals surface area contributed by atoms with Gasteiger partial charge in [0.1, 0.15) is 11.6 Å². The van der Waals surface area contributed by atoms with Crippen LogP contribution < -0.4 is 0 Å². The summed E-state index contributed by atoms with van der Waals surface area (Å²) in [5, 5.41) is 7.32. The second kappa shape index (κ2) is 5.77. The topological polar surface area (TPSA) is 58.6 Å². The Balaban J connectivity index is 1.93. The van der Waals surface area contributed by atoms with E-state index >= 15 is 0 Å². The van der Waals surface area contributed by atoms with Crippen molar-refractivity contribution >= 4 is 17.5 Å². The summed E-state index contributed by atoms with van der Waals surface area (Å²) >= 11 is 1.27. The van der Waals surface area contributed by atoms with Gasteiger partial charge in [-0.3, -0.25) is 9.89 Å². The molecule has 6 heteroatoms. The van der Waals surface area contributed by atoms with Gasteiger partial charge in [-0.15, -0.1) is 5.10 Å². The summed E-state index contributed by atoms with van der Waals surface area (Å²) in [7, 11) is 0. The Morgan fingerprint density at radius 1 is 1.39 bits per heavy atom. The fourth-order valence-electron chi connectivity index (χ4n) is 1.35. The molecular formula is C12H12FN3OS. The molecule has 0 spiro atoms. The predicted molar refractivity (Wildman–Crippen MR) is 67.2 cm³/mol. The molecule has 0 bridgehead atoms. The van der Waals surface area contributed by atoms with E-state index in [9.17, 15) is 9.18 Å². The number of benzene rings is 1. The van der Waals surface area contributed by atoms with Crippen LogP contribution in [0.4, 0.5) is 4.39 Å². The highest BCUT2D eigenvalue weighted by Crippen LogP contribution is 2.15. The molecule has 1 aromatic heterocycles. The van der Waals surface area contributed by atoms with Crippen LogP contribution in [-0.4, -0.2) is 26.7 Å². The third kappa shape index (κ3) is 3.16. The van der Waals surface area contributed by atoms with Crippen LogP contribution in [0.25, 0.3) is 0 Å². The Morgan fingerprint density at radius 2 is 2.11 bits per heavy atom. The van der Waals surface area contributed by atoms with Gasteiger partial charge in [0.25, 0.3) is 0 Å². The quantitative estimate of drug-likeness (QED) is 0.666. The summed E-state index contributed by atoms with van der Waals surface area (Å²) in [6.07, 6.45) is 0.777. The van der Waals surface area contributed by atoms with Crippen molar-refractivity contribution in [1.82, 2.24) is 15.2 Å². The van der Waals surface area contributed by atoms with E-state index in [0.29, 0.717) is 10.7 Å². The summed E-state index contributed by atoms with van der Waals surface area (Å²) in [5.74, 6) is 0.627. The van der Waals surface area contributed by atoms with Crippen molar-refractivity contribution in [2.45, 2.75) is 18.5 Å². The first-order valence-electron chi connectivity index (χ1n) is 5.52. The van der Waals surface area contributed by atoms with Crippen LogP contribution in [0.2, 0.25) is 0 Å². The smallest absolute Gasteiger partial charge is 0.208 e. The third-order valence-corrected chi connectivity index (χ3v) is 3.19. The molecule has 0 radical (unpaired) electrons. The van der Waals surface area contributed by atoms with Crippen molar-refractivity contribution in [1.29, 1.82) is 0 Å². The van der Waals surface area contributed by atoms with Gasteiger partial charge in [-0.2, -0.15) is 0 Å². The normalized spacial score (nSPS) is 10.6. The SMILES string of the molecule is CCc1nc(SCC(=O)c2ccc(F)cc2)n[nH]1. The zero-order valence-corrected chi connectivity index (χ0v) is 10.6. The van der Waals surface area contributed by atoms with E-state index in [2.05, 4.69) is 15.2 Å². The van der Waals surface area contributed by atoms with Gasteiger partial charge in [-0.05, 0) is 24.3 Å². The van der Waals surface area contributed by atoms with Gasteiger partial charge in [0, 0.05) is 12.0 Å². The van der Waals surface area contributed by atoms with Gasteiger partial charge in [0.05, 0.1) is 5.75 Å². The molecule has 0 aliphatic heterocycles. The van der Waals surface area contributed by atoms with E-state index in [-0.39, 0.29) is 17.4 Å². The molecule has 2 aromatic rings. The lowest BCUT2D eigenvalue weighted by atomic mass is 10.1. The minimum Gasteiger partial charge on any atom is -0.293 e. The molecule has 2 rings (SSSR count). The number of H-pyrrole nitrogens is 1. The van der Waals surface area contributed by atoms with E-state index in [0.717, 1.165) is 12.2 Å². The van der Waals surface area contributed by atoms with Crippen LogP contribution in [0.5, 0.6) is 0 Å². The lowest BCUT2D eigenvalue weighted by Gasteiger charge is -1.98. The van der Waals surface area contributed by atoms with E-state index in [1.165, 1.54) is 36.0 Å². The lowest BCUT2D eigenvalue weighted by molar-refractivity contribution is 0.102.